The maximum atomic E-state index is 5.85. The van der Waals surface area contributed by atoms with Crippen molar-refractivity contribution < 1.29 is 4.74 Å². The SMILES string of the molecule is CCc1cc(COc2ccc(Br)c(C)c2)n(CC)n1. The van der Waals surface area contributed by atoms with Gasteiger partial charge in [0, 0.05) is 11.0 Å². The Kier molecular flexibility index (Phi) is 4.64. The van der Waals surface area contributed by atoms with Gasteiger partial charge >= 0.3 is 0 Å². The highest BCUT2D eigenvalue weighted by molar-refractivity contribution is 9.10. The summed E-state index contributed by atoms with van der Waals surface area (Å²) in [5.41, 5.74) is 3.42. The molecule has 19 heavy (non-hydrogen) atoms. The number of hydrogen-bond acceptors (Lipinski definition) is 2. The zero-order valence-corrected chi connectivity index (χ0v) is 13.2. The van der Waals surface area contributed by atoms with E-state index in [9.17, 15) is 0 Å². The summed E-state index contributed by atoms with van der Waals surface area (Å²) < 4.78 is 8.95. The van der Waals surface area contributed by atoms with Crippen LogP contribution in [0.4, 0.5) is 0 Å². The third kappa shape index (κ3) is 3.38. The lowest BCUT2D eigenvalue weighted by molar-refractivity contribution is 0.292. The van der Waals surface area contributed by atoms with Crippen molar-refractivity contribution in [1.29, 1.82) is 0 Å². The monoisotopic (exact) mass is 322 g/mol. The molecule has 2 aromatic rings. The second-order valence-corrected chi connectivity index (χ2v) is 5.35. The van der Waals surface area contributed by atoms with E-state index in [1.165, 1.54) is 5.56 Å². The number of rotatable bonds is 5. The van der Waals surface area contributed by atoms with E-state index in [1.54, 1.807) is 0 Å². The third-order valence-electron chi connectivity index (χ3n) is 3.09. The molecule has 0 fully saturated rings. The first-order valence-corrected chi connectivity index (χ1v) is 7.37. The fraction of sp³-hybridized carbons (Fsp3) is 0.400. The fourth-order valence-electron chi connectivity index (χ4n) is 1.94. The predicted molar refractivity (Wildman–Crippen MR) is 80.5 cm³/mol. The largest absolute Gasteiger partial charge is 0.487 e. The van der Waals surface area contributed by atoms with Crippen LogP contribution in [0.15, 0.2) is 28.7 Å². The summed E-state index contributed by atoms with van der Waals surface area (Å²) in [6.45, 7) is 7.70. The van der Waals surface area contributed by atoms with E-state index >= 15 is 0 Å². The normalized spacial score (nSPS) is 10.7. The molecule has 102 valence electrons. The third-order valence-corrected chi connectivity index (χ3v) is 3.98. The first-order valence-electron chi connectivity index (χ1n) is 6.58. The highest BCUT2D eigenvalue weighted by Crippen LogP contribution is 2.22. The lowest BCUT2D eigenvalue weighted by Crippen LogP contribution is -2.06. The first-order chi connectivity index (χ1) is 9.13. The molecule has 0 radical (unpaired) electrons. The van der Waals surface area contributed by atoms with Crippen LogP contribution < -0.4 is 4.74 Å². The number of ether oxygens (including phenoxy) is 1. The Balaban J connectivity index is 2.09. The van der Waals surface area contributed by atoms with Gasteiger partial charge in [-0.1, -0.05) is 22.9 Å². The zero-order chi connectivity index (χ0) is 13.8. The van der Waals surface area contributed by atoms with Gasteiger partial charge < -0.3 is 4.74 Å². The van der Waals surface area contributed by atoms with E-state index in [-0.39, 0.29) is 0 Å². The molecule has 2 rings (SSSR count). The maximum Gasteiger partial charge on any atom is 0.130 e. The number of aryl methyl sites for hydroxylation is 3. The highest BCUT2D eigenvalue weighted by atomic mass is 79.9. The van der Waals surface area contributed by atoms with E-state index in [1.807, 2.05) is 22.9 Å². The van der Waals surface area contributed by atoms with Crippen LogP contribution in [0.2, 0.25) is 0 Å². The van der Waals surface area contributed by atoms with E-state index in [0.717, 1.165) is 34.6 Å². The summed E-state index contributed by atoms with van der Waals surface area (Å²) >= 11 is 3.49. The summed E-state index contributed by atoms with van der Waals surface area (Å²) in [6.07, 6.45) is 0.956. The van der Waals surface area contributed by atoms with Crippen molar-refractivity contribution in [2.75, 3.05) is 0 Å². The molecular formula is C15H19BrN2O. The van der Waals surface area contributed by atoms with Crippen LogP contribution in [-0.4, -0.2) is 9.78 Å². The Morgan fingerprint density at radius 2 is 2.05 bits per heavy atom. The van der Waals surface area contributed by atoms with Crippen LogP contribution in [-0.2, 0) is 19.6 Å². The summed E-state index contributed by atoms with van der Waals surface area (Å²) in [4.78, 5) is 0. The molecule has 0 spiro atoms. The fourth-order valence-corrected chi connectivity index (χ4v) is 2.19. The van der Waals surface area contributed by atoms with Crippen LogP contribution >= 0.6 is 15.9 Å². The Morgan fingerprint density at radius 3 is 2.68 bits per heavy atom. The lowest BCUT2D eigenvalue weighted by atomic mass is 10.2. The van der Waals surface area contributed by atoms with Gasteiger partial charge in [-0.15, -0.1) is 0 Å². The molecule has 1 heterocycles. The van der Waals surface area contributed by atoms with Crippen molar-refractivity contribution >= 4 is 15.9 Å². The standard InChI is InChI=1S/C15H19BrN2O/c1-4-12-9-13(18(5-2)17-12)10-19-14-6-7-15(16)11(3)8-14/h6-9H,4-5,10H2,1-3H3. The van der Waals surface area contributed by atoms with Crippen LogP contribution in [0.1, 0.15) is 30.8 Å². The molecule has 0 saturated heterocycles. The van der Waals surface area contributed by atoms with Gasteiger partial charge in [0.2, 0.25) is 0 Å². The van der Waals surface area contributed by atoms with Crippen LogP contribution in [0.25, 0.3) is 0 Å². The van der Waals surface area contributed by atoms with Crippen molar-refractivity contribution in [3.05, 3.63) is 45.7 Å². The van der Waals surface area contributed by atoms with Crippen LogP contribution in [0.5, 0.6) is 5.75 Å². The van der Waals surface area contributed by atoms with Gasteiger partial charge in [-0.3, -0.25) is 4.68 Å². The molecule has 0 bridgehead atoms. The Hall–Kier alpha value is -1.29. The van der Waals surface area contributed by atoms with Crippen LogP contribution in [0, 0.1) is 6.92 Å². The first kappa shape index (κ1) is 14.1. The van der Waals surface area contributed by atoms with Gasteiger partial charge in [0.1, 0.15) is 12.4 Å². The minimum atomic E-state index is 0.557. The van der Waals surface area contributed by atoms with Gasteiger partial charge in [0.05, 0.1) is 11.4 Å². The summed E-state index contributed by atoms with van der Waals surface area (Å²) in [5, 5.41) is 4.52. The summed E-state index contributed by atoms with van der Waals surface area (Å²) in [6, 6.07) is 8.15. The topological polar surface area (TPSA) is 27.1 Å². The van der Waals surface area contributed by atoms with Gasteiger partial charge in [0.25, 0.3) is 0 Å². The number of aromatic nitrogens is 2. The lowest BCUT2D eigenvalue weighted by Gasteiger charge is -2.09. The van der Waals surface area contributed by atoms with Crippen molar-refractivity contribution in [2.45, 2.75) is 40.3 Å². The molecule has 0 aliphatic carbocycles. The summed E-state index contributed by atoms with van der Waals surface area (Å²) in [5.74, 6) is 0.891. The number of halogens is 1. The van der Waals surface area contributed by atoms with Gasteiger partial charge in [-0.25, -0.2) is 0 Å². The molecule has 0 saturated carbocycles. The molecular weight excluding hydrogens is 304 g/mol. The number of benzene rings is 1. The molecule has 1 aromatic carbocycles. The smallest absolute Gasteiger partial charge is 0.130 e. The van der Waals surface area contributed by atoms with E-state index in [0.29, 0.717) is 6.61 Å². The van der Waals surface area contributed by atoms with Crippen molar-refractivity contribution in [1.82, 2.24) is 9.78 Å². The van der Waals surface area contributed by atoms with Gasteiger partial charge in [-0.2, -0.15) is 5.10 Å². The van der Waals surface area contributed by atoms with Crippen LogP contribution in [0.3, 0.4) is 0 Å². The van der Waals surface area contributed by atoms with Crippen molar-refractivity contribution in [3.8, 4) is 5.75 Å². The molecule has 0 amide bonds. The van der Waals surface area contributed by atoms with E-state index < -0.39 is 0 Å². The second-order valence-electron chi connectivity index (χ2n) is 4.50. The molecule has 0 N–H and O–H groups in total. The minimum Gasteiger partial charge on any atom is -0.487 e. The molecule has 1 aromatic heterocycles. The maximum absolute atomic E-state index is 5.85. The predicted octanol–water partition coefficient (Wildman–Crippen LogP) is 4.12. The molecule has 0 unspecified atom stereocenters. The Bertz CT molecular complexity index is 563. The average Bonchev–Trinajstić information content (AvgIpc) is 2.82. The Labute approximate surface area is 122 Å². The molecule has 3 nitrogen and oxygen atoms in total. The van der Waals surface area contributed by atoms with Gasteiger partial charge in [-0.05, 0) is 50.1 Å². The molecule has 4 heteroatoms. The number of hydrogen-bond donors (Lipinski definition) is 0. The minimum absolute atomic E-state index is 0.557. The Morgan fingerprint density at radius 1 is 1.26 bits per heavy atom. The van der Waals surface area contributed by atoms with Crippen molar-refractivity contribution in [2.24, 2.45) is 0 Å². The average molecular weight is 323 g/mol. The highest BCUT2D eigenvalue weighted by Gasteiger charge is 2.06. The quantitative estimate of drug-likeness (QED) is 0.828. The van der Waals surface area contributed by atoms with E-state index in [4.69, 9.17) is 4.74 Å². The number of nitrogens with zero attached hydrogens (tertiary/aromatic N) is 2. The second kappa shape index (κ2) is 6.24. The van der Waals surface area contributed by atoms with E-state index in [2.05, 4.69) is 47.9 Å². The molecule has 0 atom stereocenters. The summed E-state index contributed by atoms with van der Waals surface area (Å²) in [7, 11) is 0. The van der Waals surface area contributed by atoms with Crippen molar-refractivity contribution in [3.63, 3.8) is 0 Å². The molecule has 0 aliphatic rings. The molecule has 0 aliphatic heterocycles. The van der Waals surface area contributed by atoms with Gasteiger partial charge in [0.15, 0.2) is 0 Å². The zero-order valence-electron chi connectivity index (χ0n) is 11.6.